The third-order valence-electron chi connectivity index (χ3n) is 4.72. The summed E-state index contributed by atoms with van der Waals surface area (Å²) in [5, 5.41) is 9.47. The van der Waals surface area contributed by atoms with Gasteiger partial charge in [0.05, 0.1) is 24.9 Å². The first-order valence-corrected chi connectivity index (χ1v) is 10.5. The first kappa shape index (κ1) is 26.1. The molecule has 2 atom stereocenters. The number of nitrogens with zero attached hydrogens (tertiary/aromatic N) is 1. The molecule has 1 amide bonds. The number of anilines is 1. The normalized spacial score (nSPS) is 12.9. The molecular formula is C21H19F4NO6S. The largest absolute Gasteiger partial charge is 0.609 e. The minimum Gasteiger partial charge on any atom is -0.609 e. The van der Waals surface area contributed by atoms with E-state index in [1.54, 1.807) is 0 Å². The molecule has 2 aromatic carbocycles. The molecule has 0 aliphatic carbocycles. The van der Waals surface area contributed by atoms with Crippen LogP contribution in [0.5, 0.6) is 0 Å². The summed E-state index contributed by atoms with van der Waals surface area (Å²) in [5.74, 6) is -5.33. The summed E-state index contributed by atoms with van der Waals surface area (Å²) in [4.78, 5) is 36.3. The smallest absolute Gasteiger partial charge is 0.397 e. The molecule has 0 aliphatic rings. The number of alkyl halides is 3. The van der Waals surface area contributed by atoms with Gasteiger partial charge in [0, 0.05) is 22.8 Å². The molecule has 0 fully saturated rings. The fourth-order valence-corrected chi connectivity index (χ4v) is 4.05. The quantitative estimate of drug-likeness (QED) is 0.276. The molecule has 12 heteroatoms. The topological polar surface area (TPSA) is 107 Å². The number of benzene rings is 2. The Morgan fingerprint density at radius 1 is 1.15 bits per heavy atom. The van der Waals surface area contributed by atoms with Gasteiger partial charge in [-0.1, -0.05) is 12.1 Å². The molecule has 7 nitrogen and oxygen atoms in total. The minimum absolute atomic E-state index is 0.0425. The highest BCUT2D eigenvalue weighted by Crippen LogP contribution is 2.32. The van der Waals surface area contributed by atoms with Crippen molar-refractivity contribution in [1.29, 1.82) is 0 Å². The number of hydrogen-bond donors (Lipinski definition) is 1. The average Bonchev–Trinajstić information content (AvgIpc) is 2.76. The third-order valence-corrected chi connectivity index (χ3v) is 6.20. The second kappa shape index (κ2) is 10.7. The third kappa shape index (κ3) is 5.63. The standard InChI is InChI=1S/C21H19F4NO6S/c1-10-5-4-6-12(20(28)29)13(10)9-26(19(27)21(30)32-3)15-8-16(11(2)7-14(15)22)33(31)18(25)17(23)24/h4-8,17-18H,9H2,1-3H3,(H,28,29). The van der Waals surface area contributed by atoms with E-state index in [9.17, 15) is 41.6 Å². The summed E-state index contributed by atoms with van der Waals surface area (Å²) < 4.78 is 70.8. The van der Waals surface area contributed by atoms with Crippen molar-refractivity contribution in [1.82, 2.24) is 0 Å². The molecule has 0 saturated heterocycles. The number of aryl methyl sites for hydroxylation is 2. The molecule has 0 bridgehead atoms. The van der Waals surface area contributed by atoms with Gasteiger partial charge >= 0.3 is 29.8 Å². The van der Waals surface area contributed by atoms with Gasteiger partial charge in [0.1, 0.15) is 5.82 Å². The fraction of sp³-hybridized carbons (Fsp3) is 0.286. The van der Waals surface area contributed by atoms with Crippen LogP contribution in [0.3, 0.4) is 0 Å². The number of carbonyl (C=O) groups is 3. The van der Waals surface area contributed by atoms with Crippen LogP contribution in [0.4, 0.5) is 23.2 Å². The van der Waals surface area contributed by atoms with E-state index < -0.39 is 63.9 Å². The lowest BCUT2D eigenvalue weighted by atomic mass is 10.0. The van der Waals surface area contributed by atoms with Gasteiger partial charge in [-0.15, -0.1) is 0 Å². The van der Waals surface area contributed by atoms with Crippen molar-refractivity contribution >= 4 is 34.7 Å². The predicted octanol–water partition coefficient (Wildman–Crippen LogP) is 3.52. The Morgan fingerprint density at radius 3 is 2.33 bits per heavy atom. The molecule has 2 unspecified atom stereocenters. The number of ether oxygens (including phenoxy) is 1. The lowest BCUT2D eigenvalue weighted by molar-refractivity contribution is -0.151. The zero-order chi connectivity index (χ0) is 25.0. The SMILES string of the molecule is COC(=O)C(=O)N(Cc1c(C)cccc1C(=O)O)c1cc([S+]([O-])C(F)C(F)F)c(C)cc1F. The maximum absolute atomic E-state index is 14.9. The van der Waals surface area contributed by atoms with Crippen LogP contribution in [0.15, 0.2) is 35.2 Å². The molecule has 33 heavy (non-hydrogen) atoms. The summed E-state index contributed by atoms with van der Waals surface area (Å²) >= 11 is -2.92. The Kier molecular flexibility index (Phi) is 8.45. The Bertz CT molecular complexity index is 1080. The van der Waals surface area contributed by atoms with Crippen LogP contribution in [-0.2, 0) is 32.0 Å². The molecule has 178 valence electrons. The van der Waals surface area contributed by atoms with Crippen LogP contribution in [0.25, 0.3) is 0 Å². The summed E-state index contributed by atoms with van der Waals surface area (Å²) in [6.07, 6.45) is -3.59. The minimum atomic E-state index is -3.59. The van der Waals surface area contributed by atoms with Gasteiger partial charge in [0.25, 0.3) is 0 Å². The number of rotatable bonds is 7. The van der Waals surface area contributed by atoms with E-state index in [1.165, 1.54) is 32.0 Å². The summed E-state index contributed by atoms with van der Waals surface area (Å²) in [5.41, 5.74) is -3.72. The van der Waals surface area contributed by atoms with Crippen LogP contribution in [0, 0.1) is 19.7 Å². The summed E-state index contributed by atoms with van der Waals surface area (Å²) in [6, 6.07) is 5.65. The second-order valence-corrected chi connectivity index (χ2v) is 8.33. The maximum atomic E-state index is 14.9. The molecule has 0 heterocycles. The van der Waals surface area contributed by atoms with Crippen LogP contribution in [0.2, 0.25) is 0 Å². The molecule has 2 rings (SSSR count). The number of carbonyl (C=O) groups excluding carboxylic acids is 2. The molecule has 0 radical (unpaired) electrons. The molecule has 0 spiro atoms. The monoisotopic (exact) mass is 489 g/mol. The van der Waals surface area contributed by atoms with Gasteiger partial charge < -0.3 is 14.4 Å². The fourth-order valence-electron chi connectivity index (χ4n) is 3.01. The number of aromatic carboxylic acids is 1. The van der Waals surface area contributed by atoms with Gasteiger partial charge in [-0.05, 0) is 37.1 Å². The van der Waals surface area contributed by atoms with Crippen LogP contribution in [-0.4, -0.2) is 46.5 Å². The van der Waals surface area contributed by atoms with Crippen LogP contribution < -0.4 is 4.90 Å². The highest BCUT2D eigenvalue weighted by Gasteiger charge is 2.36. The summed E-state index contributed by atoms with van der Waals surface area (Å²) in [7, 11) is 0.886. The van der Waals surface area contributed by atoms with Crippen LogP contribution in [0.1, 0.15) is 27.0 Å². The van der Waals surface area contributed by atoms with Crippen molar-refractivity contribution in [2.75, 3.05) is 12.0 Å². The number of halogens is 4. The number of methoxy groups -OCH3 is 1. The van der Waals surface area contributed by atoms with Crippen LogP contribution >= 0.6 is 0 Å². The van der Waals surface area contributed by atoms with Gasteiger partial charge in [-0.25, -0.2) is 22.8 Å². The molecular weight excluding hydrogens is 470 g/mol. The van der Waals surface area contributed by atoms with Gasteiger partial charge in [-0.2, -0.15) is 4.39 Å². The lowest BCUT2D eigenvalue weighted by Gasteiger charge is -2.25. The maximum Gasteiger partial charge on any atom is 0.397 e. The van der Waals surface area contributed by atoms with E-state index in [0.29, 0.717) is 10.5 Å². The summed E-state index contributed by atoms with van der Waals surface area (Å²) in [6.45, 7) is 2.09. The van der Waals surface area contributed by atoms with E-state index in [2.05, 4.69) is 4.74 Å². The number of hydrogen-bond acceptors (Lipinski definition) is 5. The highest BCUT2D eigenvalue weighted by molar-refractivity contribution is 7.92. The van der Waals surface area contributed by atoms with Crippen molar-refractivity contribution in [3.05, 3.63) is 58.4 Å². The van der Waals surface area contributed by atoms with E-state index >= 15 is 0 Å². The number of carboxylic acids is 1. The van der Waals surface area contributed by atoms with E-state index in [-0.39, 0.29) is 16.7 Å². The van der Waals surface area contributed by atoms with Crippen molar-refractivity contribution < 1.29 is 46.3 Å². The Labute approximate surface area is 189 Å². The zero-order valence-corrected chi connectivity index (χ0v) is 18.4. The number of carboxylic acid groups (broad SMARTS) is 1. The van der Waals surface area contributed by atoms with Gasteiger partial charge in [-0.3, -0.25) is 9.69 Å². The lowest BCUT2D eigenvalue weighted by Crippen LogP contribution is -2.38. The first-order valence-electron chi connectivity index (χ1n) is 9.25. The van der Waals surface area contributed by atoms with Crippen molar-refractivity contribution in [3.63, 3.8) is 0 Å². The van der Waals surface area contributed by atoms with E-state index in [1.807, 2.05) is 0 Å². The Hall–Kier alpha value is -3.12. The number of amides is 1. The molecule has 0 aliphatic heterocycles. The van der Waals surface area contributed by atoms with Gasteiger partial charge in [0.15, 0.2) is 4.90 Å². The predicted molar refractivity (Wildman–Crippen MR) is 110 cm³/mol. The van der Waals surface area contributed by atoms with Crippen molar-refractivity contribution in [3.8, 4) is 0 Å². The van der Waals surface area contributed by atoms with Crippen molar-refractivity contribution in [2.24, 2.45) is 0 Å². The number of esters is 1. The van der Waals surface area contributed by atoms with E-state index in [0.717, 1.165) is 19.2 Å². The molecule has 2 aromatic rings. The van der Waals surface area contributed by atoms with E-state index in [4.69, 9.17) is 0 Å². The van der Waals surface area contributed by atoms with Crippen molar-refractivity contribution in [2.45, 2.75) is 37.2 Å². The molecule has 0 aromatic heterocycles. The van der Waals surface area contributed by atoms with Gasteiger partial charge in [0.2, 0.25) is 0 Å². The molecule has 0 saturated carbocycles. The zero-order valence-electron chi connectivity index (χ0n) is 17.6. The Morgan fingerprint density at radius 2 is 1.79 bits per heavy atom. The molecule has 1 N–H and O–H groups in total. The highest BCUT2D eigenvalue weighted by atomic mass is 32.2. The second-order valence-electron chi connectivity index (χ2n) is 6.84. The Balaban J connectivity index is 2.70. The first-order chi connectivity index (χ1) is 15.4. The average molecular weight is 489 g/mol.